The first-order valence-corrected chi connectivity index (χ1v) is 2.94. The second-order valence-electron chi connectivity index (χ2n) is 1.45. The Morgan fingerprint density at radius 2 is 1.08 bits per heavy atom. The summed E-state index contributed by atoms with van der Waals surface area (Å²) in [6, 6.07) is 0. The monoisotopic (exact) mass is 227 g/mol. The van der Waals surface area contributed by atoms with E-state index in [0.29, 0.717) is 0 Å². The van der Waals surface area contributed by atoms with Crippen LogP contribution in [-0.2, 0) is 26.7 Å². The SMILES string of the molecule is CCC(=O)[O-].CCC(=O)[O-].O.[Cu+2]. The normalized spacial score (nSPS) is 6.17. The minimum Gasteiger partial charge on any atom is -0.550 e. The standard InChI is InChI=1S/2C3H6O2.Cu.H2O/c2*1-2-3(4)5;;/h2*2H2,1H3,(H,4,5);;1H2/q;;+2;/p-2. The molecule has 0 saturated heterocycles. The number of aliphatic carboxylic acids is 2. The van der Waals surface area contributed by atoms with E-state index in [9.17, 15) is 19.8 Å². The fraction of sp³-hybridized carbons (Fsp3) is 0.667. The average molecular weight is 228 g/mol. The largest absolute Gasteiger partial charge is 2.00 e. The molecule has 0 aromatic carbocycles. The molecule has 0 atom stereocenters. The van der Waals surface area contributed by atoms with Crippen molar-refractivity contribution >= 4 is 11.9 Å². The molecule has 77 valence electrons. The van der Waals surface area contributed by atoms with Crippen molar-refractivity contribution in [1.29, 1.82) is 0 Å². The van der Waals surface area contributed by atoms with Gasteiger partial charge >= 0.3 is 17.1 Å². The Bertz CT molecular complexity index is 101. The molecule has 0 aliphatic carbocycles. The fourth-order valence-corrected chi connectivity index (χ4v) is 0. The minimum absolute atomic E-state index is 0. The van der Waals surface area contributed by atoms with Crippen LogP contribution in [0, 0.1) is 0 Å². The third-order valence-corrected chi connectivity index (χ3v) is 0.577. The molecule has 6 heteroatoms. The van der Waals surface area contributed by atoms with E-state index in [1.807, 2.05) is 0 Å². The van der Waals surface area contributed by atoms with Gasteiger partial charge in [-0.05, 0) is 12.8 Å². The van der Waals surface area contributed by atoms with E-state index in [4.69, 9.17) is 0 Å². The molecule has 0 aromatic rings. The molecule has 12 heavy (non-hydrogen) atoms. The zero-order valence-corrected chi connectivity index (χ0v) is 7.79. The molecule has 0 spiro atoms. The molecule has 0 aromatic heterocycles. The van der Waals surface area contributed by atoms with Crippen LogP contribution in [0.15, 0.2) is 0 Å². The van der Waals surface area contributed by atoms with E-state index in [2.05, 4.69) is 0 Å². The summed E-state index contributed by atoms with van der Waals surface area (Å²) < 4.78 is 0. The van der Waals surface area contributed by atoms with Gasteiger partial charge in [-0.2, -0.15) is 0 Å². The molecule has 0 aliphatic heterocycles. The van der Waals surface area contributed by atoms with Crippen LogP contribution in [-0.4, -0.2) is 17.4 Å². The van der Waals surface area contributed by atoms with Gasteiger partial charge < -0.3 is 25.3 Å². The Morgan fingerprint density at radius 1 is 1.00 bits per heavy atom. The van der Waals surface area contributed by atoms with Crippen molar-refractivity contribution < 1.29 is 42.3 Å². The van der Waals surface area contributed by atoms with Gasteiger partial charge in [-0.25, -0.2) is 0 Å². The van der Waals surface area contributed by atoms with Gasteiger partial charge in [0, 0.05) is 11.9 Å². The zero-order chi connectivity index (χ0) is 8.57. The van der Waals surface area contributed by atoms with E-state index in [0.717, 1.165) is 0 Å². The van der Waals surface area contributed by atoms with E-state index >= 15 is 0 Å². The van der Waals surface area contributed by atoms with E-state index in [1.165, 1.54) is 13.8 Å². The molecule has 0 aliphatic rings. The molecular formula is C6H12CuO5. The number of carboxylic acids is 2. The maximum Gasteiger partial charge on any atom is 2.00 e. The second-order valence-corrected chi connectivity index (χ2v) is 1.45. The molecule has 1 radical (unpaired) electrons. The third-order valence-electron chi connectivity index (χ3n) is 0.577. The maximum atomic E-state index is 9.26. The molecule has 2 N–H and O–H groups in total. The molecule has 0 amide bonds. The van der Waals surface area contributed by atoms with Crippen molar-refractivity contribution in [3.05, 3.63) is 0 Å². The third kappa shape index (κ3) is 57.1. The molecule has 0 fully saturated rings. The smallest absolute Gasteiger partial charge is 0.550 e. The van der Waals surface area contributed by atoms with Crippen LogP contribution in [0.2, 0.25) is 0 Å². The molecule has 0 saturated carbocycles. The summed E-state index contributed by atoms with van der Waals surface area (Å²) >= 11 is 0. The first-order chi connectivity index (χ1) is 4.54. The second kappa shape index (κ2) is 16.8. The summed E-state index contributed by atoms with van der Waals surface area (Å²) in [5.41, 5.74) is 0. The van der Waals surface area contributed by atoms with Crippen LogP contribution >= 0.6 is 0 Å². The van der Waals surface area contributed by atoms with E-state index < -0.39 is 11.9 Å². The van der Waals surface area contributed by atoms with Crippen molar-refractivity contribution in [2.45, 2.75) is 26.7 Å². The average Bonchev–Trinajstić information content (AvgIpc) is 1.89. The topological polar surface area (TPSA) is 112 Å². The number of carbonyl (C=O) groups excluding carboxylic acids is 2. The summed E-state index contributed by atoms with van der Waals surface area (Å²) in [5, 5.41) is 18.5. The predicted molar refractivity (Wildman–Crippen MR) is 34.2 cm³/mol. The predicted octanol–water partition coefficient (Wildman–Crippen LogP) is -2.53. The number of rotatable bonds is 2. The summed E-state index contributed by atoms with van der Waals surface area (Å²) in [4.78, 5) is 18.5. The Balaban J connectivity index is -0.0000000457. The maximum absolute atomic E-state index is 9.26. The van der Waals surface area contributed by atoms with Crippen molar-refractivity contribution in [3.8, 4) is 0 Å². The molecule has 0 unspecified atom stereocenters. The molecule has 5 nitrogen and oxygen atoms in total. The van der Waals surface area contributed by atoms with Crippen LogP contribution in [0.1, 0.15) is 26.7 Å². The Hall–Kier alpha value is -0.581. The van der Waals surface area contributed by atoms with Crippen LogP contribution in [0.4, 0.5) is 0 Å². The first kappa shape index (κ1) is 22.5. The van der Waals surface area contributed by atoms with Crippen LogP contribution in [0.25, 0.3) is 0 Å². The van der Waals surface area contributed by atoms with Gasteiger partial charge in [0.1, 0.15) is 0 Å². The van der Waals surface area contributed by atoms with E-state index in [-0.39, 0.29) is 35.4 Å². The summed E-state index contributed by atoms with van der Waals surface area (Å²) in [5.74, 6) is -1.99. The van der Waals surface area contributed by atoms with E-state index in [1.54, 1.807) is 0 Å². The summed E-state index contributed by atoms with van der Waals surface area (Å²) in [7, 11) is 0. The molecule has 0 heterocycles. The molecular weight excluding hydrogens is 216 g/mol. The number of hydrogen-bond donors (Lipinski definition) is 0. The zero-order valence-electron chi connectivity index (χ0n) is 6.85. The van der Waals surface area contributed by atoms with Crippen molar-refractivity contribution in [2.24, 2.45) is 0 Å². The molecule has 0 bridgehead atoms. The van der Waals surface area contributed by atoms with Gasteiger partial charge in [0.05, 0.1) is 0 Å². The van der Waals surface area contributed by atoms with Gasteiger partial charge in [-0.3, -0.25) is 0 Å². The Labute approximate surface area is 81.6 Å². The van der Waals surface area contributed by atoms with Crippen LogP contribution in [0.5, 0.6) is 0 Å². The Morgan fingerprint density at radius 3 is 1.08 bits per heavy atom. The summed E-state index contributed by atoms with van der Waals surface area (Å²) in [6.07, 6.45) is 0.222. The van der Waals surface area contributed by atoms with Crippen molar-refractivity contribution in [2.75, 3.05) is 0 Å². The van der Waals surface area contributed by atoms with Crippen LogP contribution in [0.3, 0.4) is 0 Å². The van der Waals surface area contributed by atoms with Crippen LogP contribution < -0.4 is 10.2 Å². The number of hydrogen-bond acceptors (Lipinski definition) is 4. The van der Waals surface area contributed by atoms with Crippen molar-refractivity contribution in [3.63, 3.8) is 0 Å². The summed E-state index contributed by atoms with van der Waals surface area (Å²) in [6.45, 7) is 3.07. The number of carboxylic acid groups (broad SMARTS) is 2. The quantitative estimate of drug-likeness (QED) is 0.484. The number of carbonyl (C=O) groups is 2. The van der Waals surface area contributed by atoms with Gasteiger partial charge in [0.2, 0.25) is 0 Å². The van der Waals surface area contributed by atoms with Gasteiger partial charge in [0.15, 0.2) is 0 Å². The fourth-order valence-electron chi connectivity index (χ4n) is 0. The first-order valence-electron chi connectivity index (χ1n) is 2.94. The van der Waals surface area contributed by atoms with Gasteiger partial charge in [-0.1, -0.05) is 13.8 Å². The Kier molecular flexibility index (Phi) is 31.5. The van der Waals surface area contributed by atoms with Gasteiger partial charge in [-0.15, -0.1) is 0 Å². The van der Waals surface area contributed by atoms with Gasteiger partial charge in [0.25, 0.3) is 0 Å². The minimum atomic E-state index is -0.995. The molecule has 0 rings (SSSR count). The van der Waals surface area contributed by atoms with Crippen molar-refractivity contribution in [1.82, 2.24) is 0 Å².